The molecule has 24 heavy (non-hydrogen) atoms. The number of alkyl halides is 3. The molecule has 0 aliphatic carbocycles. The Balaban J connectivity index is 1.87. The number of nitrogens with one attached hydrogen (secondary N) is 2. The zero-order chi connectivity index (χ0) is 17.7. The largest absolute Gasteiger partial charge is 0.433 e. The van der Waals surface area contributed by atoms with Crippen molar-refractivity contribution in [2.45, 2.75) is 13.1 Å². The average molecular weight is 342 g/mol. The third-order valence-electron chi connectivity index (χ3n) is 2.94. The van der Waals surface area contributed by atoms with Gasteiger partial charge in [0.25, 0.3) is 5.69 Å². The molecule has 128 valence electrons. The van der Waals surface area contributed by atoms with Crippen LogP contribution in [0, 0.1) is 17.0 Å². The minimum Gasteiger partial charge on any atom is -0.368 e. The SMILES string of the molecule is Cc1cc(NCCNc2nccc(C(F)(F)F)n2)ncc1[N+](=O)[O-]. The molecular weight excluding hydrogens is 329 g/mol. The quantitative estimate of drug-likeness (QED) is 0.472. The van der Waals surface area contributed by atoms with Crippen molar-refractivity contribution in [3.63, 3.8) is 0 Å². The van der Waals surface area contributed by atoms with Crippen molar-refractivity contribution in [1.82, 2.24) is 15.0 Å². The van der Waals surface area contributed by atoms with E-state index in [0.29, 0.717) is 17.9 Å². The number of halogens is 3. The summed E-state index contributed by atoms with van der Waals surface area (Å²) >= 11 is 0. The highest BCUT2D eigenvalue weighted by Crippen LogP contribution is 2.27. The Morgan fingerprint density at radius 1 is 1.25 bits per heavy atom. The molecule has 0 aliphatic heterocycles. The van der Waals surface area contributed by atoms with Gasteiger partial charge in [-0.15, -0.1) is 0 Å². The molecule has 0 spiro atoms. The van der Waals surface area contributed by atoms with Crippen LogP contribution in [-0.4, -0.2) is 33.0 Å². The number of hydrogen-bond donors (Lipinski definition) is 2. The highest BCUT2D eigenvalue weighted by molar-refractivity contribution is 5.46. The van der Waals surface area contributed by atoms with Gasteiger partial charge in [0.15, 0.2) is 0 Å². The van der Waals surface area contributed by atoms with Crippen LogP contribution in [0.2, 0.25) is 0 Å². The Bertz CT molecular complexity index is 738. The van der Waals surface area contributed by atoms with Gasteiger partial charge in [-0.2, -0.15) is 13.2 Å². The van der Waals surface area contributed by atoms with Crippen LogP contribution >= 0.6 is 0 Å². The number of nitro groups is 1. The fourth-order valence-corrected chi connectivity index (χ4v) is 1.80. The predicted octanol–water partition coefficient (Wildman–Crippen LogP) is 2.63. The van der Waals surface area contributed by atoms with Crippen molar-refractivity contribution < 1.29 is 18.1 Å². The Labute approximate surface area is 134 Å². The van der Waals surface area contributed by atoms with Crippen LogP contribution in [-0.2, 0) is 6.18 Å². The van der Waals surface area contributed by atoms with Crippen molar-refractivity contribution in [3.8, 4) is 0 Å². The summed E-state index contributed by atoms with van der Waals surface area (Å²) in [5.41, 5.74) is -0.664. The number of aryl methyl sites for hydroxylation is 1. The second kappa shape index (κ2) is 7.06. The molecule has 0 aliphatic rings. The first-order chi connectivity index (χ1) is 11.3. The molecule has 0 bridgehead atoms. The van der Waals surface area contributed by atoms with Crippen LogP contribution in [0.5, 0.6) is 0 Å². The molecule has 2 aromatic heterocycles. The maximum Gasteiger partial charge on any atom is 0.433 e. The summed E-state index contributed by atoms with van der Waals surface area (Å²) in [6.45, 7) is 2.13. The van der Waals surface area contributed by atoms with Gasteiger partial charge in [0.2, 0.25) is 5.95 Å². The highest BCUT2D eigenvalue weighted by atomic mass is 19.4. The van der Waals surface area contributed by atoms with E-state index in [1.165, 1.54) is 6.07 Å². The van der Waals surface area contributed by atoms with E-state index in [2.05, 4.69) is 25.6 Å². The number of hydrogen-bond acceptors (Lipinski definition) is 7. The molecule has 2 heterocycles. The van der Waals surface area contributed by atoms with E-state index in [1.807, 2.05) is 0 Å². The predicted molar refractivity (Wildman–Crippen MR) is 79.6 cm³/mol. The Morgan fingerprint density at radius 2 is 1.96 bits per heavy atom. The van der Waals surface area contributed by atoms with Gasteiger partial charge in [-0.25, -0.2) is 15.0 Å². The standard InChI is InChI=1S/C13H13F3N6O2/c1-8-6-11(20-7-9(8)22(23)24)17-4-5-19-12-18-3-2-10(21-12)13(14,15)16/h2-3,6-7H,4-5H2,1H3,(H,17,20)(H,18,19,21). The lowest BCUT2D eigenvalue weighted by Crippen LogP contribution is -2.17. The van der Waals surface area contributed by atoms with Gasteiger partial charge in [0.05, 0.1) is 4.92 Å². The van der Waals surface area contributed by atoms with Crippen LogP contribution in [0.15, 0.2) is 24.5 Å². The van der Waals surface area contributed by atoms with Crippen molar-refractivity contribution >= 4 is 17.5 Å². The molecule has 2 aromatic rings. The Hall–Kier alpha value is -2.98. The number of nitrogens with zero attached hydrogens (tertiary/aromatic N) is 4. The van der Waals surface area contributed by atoms with Crippen LogP contribution in [0.4, 0.5) is 30.6 Å². The molecule has 0 fully saturated rings. The number of anilines is 2. The smallest absolute Gasteiger partial charge is 0.368 e. The first-order valence-electron chi connectivity index (χ1n) is 6.76. The minimum atomic E-state index is -4.53. The summed E-state index contributed by atoms with van der Waals surface area (Å²) in [5.74, 6) is 0.282. The van der Waals surface area contributed by atoms with Gasteiger partial charge in [-0.1, -0.05) is 0 Å². The third kappa shape index (κ3) is 4.51. The third-order valence-corrected chi connectivity index (χ3v) is 2.94. The Kier molecular flexibility index (Phi) is 5.11. The topological polar surface area (TPSA) is 106 Å². The normalized spacial score (nSPS) is 11.2. The Morgan fingerprint density at radius 3 is 2.58 bits per heavy atom. The molecule has 0 unspecified atom stereocenters. The molecule has 0 radical (unpaired) electrons. The van der Waals surface area contributed by atoms with Crippen LogP contribution in [0.3, 0.4) is 0 Å². The lowest BCUT2D eigenvalue weighted by atomic mass is 10.2. The van der Waals surface area contributed by atoms with Gasteiger partial charge in [0.1, 0.15) is 17.7 Å². The first-order valence-corrected chi connectivity index (χ1v) is 6.76. The molecule has 2 N–H and O–H groups in total. The van der Waals surface area contributed by atoms with E-state index >= 15 is 0 Å². The molecule has 0 atom stereocenters. The van der Waals surface area contributed by atoms with E-state index in [-0.39, 0.29) is 18.2 Å². The van der Waals surface area contributed by atoms with Crippen molar-refractivity contribution in [1.29, 1.82) is 0 Å². The zero-order valence-electron chi connectivity index (χ0n) is 12.5. The van der Waals surface area contributed by atoms with Crippen LogP contribution in [0.1, 0.15) is 11.3 Å². The van der Waals surface area contributed by atoms with Crippen molar-refractivity contribution in [2.24, 2.45) is 0 Å². The van der Waals surface area contributed by atoms with E-state index in [1.54, 1.807) is 6.92 Å². The maximum atomic E-state index is 12.5. The number of rotatable bonds is 6. The molecule has 0 saturated carbocycles. The summed E-state index contributed by atoms with van der Waals surface area (Å²) in [6.07, 6.45) is -2.37. The second-order valence-corrected chi connectivity index (χ2v) is 4.73. The fourth-order valence-electron chi connectivity index (χ4n) is 1.80. The summed E-state index contributed by atoms with van der Waals surface area (Å²) in [7, 11) is 0. The van der Waals surface area contributed by atoms with Crippen molar-refractivity contribution in [3.05, 3.63) is 45.9 Å². The second-order valence-electron chi connectivity index (χ2n) is 4.73. The molecule has 0 aromatic carbocycles. The van der Waals surface area contributed by atoms with Gasteiger partial charge < -0.3 is 10.6 Å². The number of aromatic nitrogens is 3. The van der Waals surface area contributed by atoms with E-state index in [9.17, 15) is 23.3 Å². The average Bonchev–Trinajstić information content (AvgIpc) is 2.51. The van der Waals surface area contributed by atoms with Gasteiger partial charge >= 0.3 is 6.18 Å². The maximum absolute atomic E-state index is 12.5. The molecule has 11 heteroatoms. The minimum absolute atomic E-state index is 0.0870. The summed E-state index contributed by atoms with van der Waals surface area (Å²) < 4.78 is 37.6. The van der Waals surface area contributed by atoms with Gasteiger partial charge in [-0.3, -0.25) is 10.1 Å². The van der Waals surface area contributed by atoms with Crippen molar-refractivity contribution in [2.75, 3.05) is 23.7 Å². The molecule has 0 saturated heterocycles. The molecule has 0 amide bonds. The summed E-state index contributed by atoms with van der Waals surface area (Å²) in [5, 5.41) is 16.2. The summed E-state index contributed by atoms with van der Waals surface area (Å²) in [4.78, 5) is 21.1. The lowest BCUT2D eigenvalue weighted by molar-refractivity contribution is -0.385. The first kappa shape index (κ1) is 17.4. The summed E-state index contributed by atoms with van der Waals surface area (Å²) in [6, 6.07) is 2.30. The van der Waals surface area contributed by atoms with Gasteiger partial charge in [-0.05, 0) is 19.1 Å². The lowest BCUT2D eigenvalue weighted by Gasteiger charge is -2.09. The zero-order valence-corrected chi connectivity index (χ0v) is 12.5. The molecular formula is C13H13F3N6O2. The van der Waals surface area contributed by atoms with Crippen LogP contribution in [0.25, 0.3) is 0 Å². The highest BCUT2D eigenvalue weighted by Gasteiger charge is 2.32. The van der Waals surface area contributed by atoms with E-state index < -0.39 is 16.8 Å². The van der Waals surface area contributed by atoms with E-state index in [4.69, 9.17) is 0 Å². The monoisotopic (exact) mass is 342 g/mol. The van der Waals surface area contributed by atoms with E-state index in [0.717, 1.165) is 18.5 Å². The fraction of sp³-hybridized carbons (Fsp3) is 0.308. The molecule has 8 nitrogen and oxygen atoms in total. The molecule has 2 rings (SSSR count). The number of pyridine rings is 1. The van der Waals surface area contributed by atoms with Gasteiger partial charge in [0, 0.05) is 24.8 Å². The van der Waals surface area contributed by atoms with Crippen LogP contribution < -0.4 is 10.6 Å².